The lowest BCUT2D eigenvalue weighted by Crippen LogP contribution is -2.33. The van der Waals surface area contributed by atoms with Gasteiger partial charge < -0.3 is 11.1 Å². The molecule has 0 aliphatic carbocycles. The largest absolute Gasteiger partial charge is 0.343 e. The standard InChI is InChI=1S/C21H17F2N5O/c22-15-3-1-2-14(8-15)19(11-24)26-21(29)18-10-13(6-7-25-18)12-4-5-17-16(9-12)20(23)28-27-17/h1-10,19H,11,24H2,(H,26,29)(H,27,28). The summed E-state index contributed by atoms with van der Waals surface area (Å²) in [6.45, 7) is 0.102. The number of H-pyrrole nitrogens is 1. The second kappa shape index (κ2) is 7.76. The van der Waals surface area contributed by atoms with Crippen LogP contribution in [0.2, 0.25) is 0 Å². The predicted octanol–water partition coefficient (Wildman–Crippen LogP) is 3.33. The molecule has 8 heteroatoms. The van der Waals surface area contributed by atoms with Crippen molar-refractivity contribution in [2.45, 2.75) is 6.04 Å². The van der Waals surface area contributed by atoms with E-state index in [1.807, 2.05) is 0 Å². The van der Waals surface area contributed by atoms with Gasteiger partial charge in [0.25, 0.3) is 5.91 Å². The normalized spacial score (nSPS) is 12.1. The van der Waals surface area contributed by atoms with Crippen molar-refractivity contribution in [1.82, 2.24) is 20.5 Å². The van der Waals surface area contributed by atoms with Gasteiger partial charge in [0.2, 0.25) is 5.95 Å². The Morgan fingerprint density at radius 2 is 1.93 bits per heavy atom. The molecule has 0 saturated carbocycles. The Hall–Kier alpha value is -3.65. The number of carbonyl (C=O) groups is 1. The highest BCUT2D eigenvalue weighted by molar-refractivity contribution is 5.94. The number of nitrogens with two attached hydrogens (primary N) is 1. The summed E-state index contributed by atoms with van der Waals surface area (Å²) in [5.41, 5.74) is 8.42. The van der Waals surface area contributed by atoms with Crippen LogP contribution in [-0.4, -0.2) is 27.6 Å². The Kier molecular flexibility index (Phi) is 5.01. The topological polar surface area (TPSA) is 96.7 Å². The molecular formula is C21H17F2N5O. The van der Waals surface area contributed by atoms with Crippen molar-refractivity contribution in [3.63, 3.8) is 0 Å². The van der Waals surface area contributed by atoms with Gasteiger partial charge in [-0.15, -0.1) is 0 Å². The minimum Gasteiger partial charge on any atom is -0.343 e. The third-order valence-electron chi connectivity index (χ3n) is 4.63. The Balaban J connectivity index is 1.60. The molecule has 4 N–H and O–H groups in total. The maximum Gasteiger partial charge on any atom is 0.270 e. The van der Waals surface area contributed by atoms with Gasteiger partial charge in [-0.2, -0.15) is 9.49 Å². The van der Waals surface area contributed by atoms with Crippen LogP contribution in [0.1, 0.15) is 22.1 Å². The Bertz CT molecular complexity index is 1190. The molecule has 2 aromatic heterocycles. The van der Waals surface area contributed by atoms with E-state index in [1.165, 1.54) is 18.3 Å². The molecule has 1 amide bonds. The fourth-order valence-electron chi connectivity index (χ4n) is 3.13. The number of nitrogens with zero attached hydrogens (tertiary/aromatic N) is 2. The van der Waals surface area contributed by atoms with Crippen LogP contribution in [0, 0.1) is 11.8 Å². The summed E-state index contributed by atoms with van der Waals surface area (Å²) < 4.78 is 27.3. The zero-order chi connectivity index (χ0) is 20.4. The van der Waals surface area contributed by atoms with Crippen molar-refractivity contribution < 1.29 is 13.6 Å². The molecule has 2 aromatic carbocycles. The Labute approximate surface area is 164 Å². The molecule has 4 aromatic rings. The van der Waals surface area contributed by atoms with Crippen LogP contribution < -0.4 is 11.1 Å². The van der Waals surface area contributed by atoms with Crippen LogP contribution in [0.5, 0.6) is 0 Å². The fraction of sp³-hybridized carbons (Fsp3) is 0.0952. The minimum absolute atomic E-state index is 0.102. The van der Waals surface area contributed by atoms with Gasteiger partial charge in [0.15, 0.2) is 0 Å². The summed E-state index contributed by atoms with van der Waals surface area (Å²) in [5, 5.41) is 9.29. The van der Waals surface area contributed by atoms with Crippen molar-refractivity contribution in [1.29, 1.82) is 0 Å². The molecule has 6 nitrogen and oxygen atoms in total. The average molecular weight is 393 g/mol. The van der Waals surface area contributed by atoms with E-state index < -0.39 is 23.7 Å². The molecule has 1 atom stereocenters. The van der Waals surface area contributed by atoms with Gasteiger partial charge in [-0.3, -0.25) is 14.9 Å². The summed E-state index contributed by atoms with van der Waals surface area (Å²) in [6.07, 6.45) is 1.50. The summed E-state index contributed by atoms with van der Waals surface area (Å²) in [7, 11) is 0. The highest BCUT2D eigenvalue weighted by atomic mass is 19.1. The summed E-state index contributed by atoms with van der Waals surface area (Å²) in [5.74, 6) is -1.37. The Morgan fingerprint density at radius 3 is 2.72 bits per heavy atom. The van der Waals surface area contributed by atoms with E-state index in [9.17, 15) is 13.6 Å². The number of fused-ring (bicyclic) bond motifs is 1. The quantitative estimate of drug-likeness (QED) is 0.485. The van der Waals surface area contributed by atoms with Crippen molar-refractivity contribution in [3.05, 3.63) is 83.8 Å². The van der Waals surface area contributed by atoms with Crippen molar-refractivity contribution >= 4 is 16.8 Å². The number of halogens is 2. The van der Waals surface area contributed by atoms with Crippen LogP contribution in [-0.2, 0) is 0 Å². The van der Waals surface area contributed by atoms with Crippen LogP contribution in [0.3, 0.4) is 0 Å². The number of hydrogen-bond donors (Lipinski definition) is 3. The molecule has 0 aliphatic rings. The first-order chi connectivity index (χ1) is 14.0. The van der Waals surface area contributed by atoms with Crippen LogP contribution in [0.4, 0.5) is 8.78 Å². The van der Waals surface area contributed by atoms with Crippen molar-refractivity contribution in [2.75, 3.05) is 6.54 Å². The lowest BCUT2D eigenvalue weighted by atomic mass is 10.0. The second-order valence-electron chi connectivity index (χ2n) is 6.52. The van der Waals surface area contributed by atoms with Crippen LogP contribution >= 0.6 is 0 Å². The molecular weight excluding hydrogens is 376 g/mol. The number of pyridine rings is 1. The van der Waals surface area contributed by atoms with Gasteiger partial charge in [-0.05, 0) is 53.1 Å². The lowest BCUT2D eigenvalue weighted by molar-refractivity contribution is 0.0932. The maximum absolute atomic E-state index is 13.8. The monoisotopic (exact) mass is 393 g/mol. The number of hydrogen-bond acceptors (Lipinski definition) is 4. The van der Waals surface area contributed by atoms with E-state index in [1.54, 1.807) is 42.5 Å². The highest BCUT2D eigenvalue weighted by Crippen LogP contribution is 2.25. The third-order valence-corrected chi connectivity index (χ3v) is 4.63. The predicted molar refractivity (Wildman–Crippen MR) is 105 cm³/mol. The molecule has 0 fully saturated rings. The van der Waals surface area contributed by atoms with E-state index in [0.29, 0.717) is 22.0 Å². The second-order valence-corrected chi connectivity index (χ2v) is 6.52. The number of nitrogens with one attached hydrogen (secondary N) is 2. The SMILES string of the molecule is NCC(NC(=O)c1cc(-c2ccc3n[nH]c(F)c3c2)ccn1)c1cccc(F)c1. The number of rotatable bonds is 5. The summed E-state index contributed by atoms with van der Waals surface area (Å²) in [6, 6.07) is 13.8. The molecule has 4 rings (SSSR count). The maximum atomic E-state index is 13.8. The minimum atomic E-state index is -0.556. The first-order valence-electron chi connectivity index (χ1n) is 8.91. The summed E-state index contributed by atoms with van der Waals surface area (Å²) >= 11 is 0. The van der Waals surface area contributed by atoms with Crippen molar-refractivity contribution in [2.24, 2.45) is 5.73 Å². The summed E-state index contributed by atoms with van der Waals surface area (Å²) in [4.78, 5) is 16.8. The molecule has 0 bridgehead atoms. The highest BCUT2D eigenvalue weighted by Gasteiger charge is 2.17. The third kappa shape index (κ3) is 3.83. The number of aromatic amines is 1. The van der Waals surface area contributed by atoms with E-state index in [4.69, 9.17) is 5.73 Å². The smallest absolute Gasteiger partial charge is 0.270 e. The molecule has 29 heavy (non-hydrogen) atoms. The molecule has 0 saturated heterocycles. The van der Waals surface area contributed by atoms with E-state index in [-0.39, 0.29) is 12.2 Å². The number of carbonyl (C=O) groups excluding carboxylic acids is 1. The first kappa shape index (κ1) is 18.7. The first-order valence-corrected chi connectivity index (χ1v) is 8.91. The average Bonchev–Trinajstić information content (AvgIpc) is 3.12. The molecule has 0 spiro atoms. The van der Waals surface area contributed by atoms with Gasteiger partial charge in [0.05, 0.1) is 16.9 Å². The van der Waals surface area contributed by atoms with Gasteiger partial charge in [0, 0.05) is 12.7 Å². The van der Waals surface area contributed by atoms with Crippen molar-refractivity contribution in [3.8, 4) is 11.1 Å². The molecule has 1 unspecified atom stereocenters. The van der Waals surface area contributed by atoms with Crippen LogP contribution in [0.15, 0.2) is 60.8 Å². The van der Waals surface area contributed by atoms with Gasteiger partial charge in [0.1, 0.15) is 11.5 Å². The molecule has 2 heterocycles. The van der Waals surface area contributed by atoms with Gasteiger partial charge >= 0.3 is 0 Å². The van der Waals surface area contributed by atoms with E-state index in [0.717, 1.165) is 5.56 Å². The van der Waals surface area contributed by atoms with E-state index in [2.05, 4.69) is 20.5 Å². The number of amides is 1. The van der Waals surface area contributed by atoms with Gasteiger partial charge in [-0.1, -0.05) is 18.2 Å². The zero-order valence-electron chi connectivity index (χ0n) is 15.2. The Morgan fingerprint density at radius 1 is 1.10 bits per heavy atom. The molecule has 0 aliphatic heterocycles. The lowest BCUT2D eigenvalue weighted by Gasteiger charge is -2.17. The number of aromatic nitrogens is 3. The number of benzene rings is 2. The molecule has 0 radical (unpaired) electrons. The molecule has 146 valence electrons. The van der Waals surface area contributed by atoms with Gasteiger partial charge in [-0.25, -0.2) is 4.39 Å². The van der Waals surface area contributed by atoms with E-state index >= 15 is 0 Å². The van der Waals surface area contributed by atoms with Crippen LogP contribution in [0.25, 0.3) is 22.0 Å². The fourth-order valence-corrected chi connectivity index (χ4v) is 3.13. The zero-order valence-corrected chi connectivity index (χ0v) is 15.2.